The Morgan fingerprint density at radius 3 is 2.42 bits per heavy atom. The van der Waals surface area contributed by atoms with Crippen LogP contribution in [-0.2, 0) is 11.3 Å². The van der Waals surface area contributed by atoms with Crippen molar-refractivity contribution in [1.82, 2.24) is 0 Å². The van der Waals surface area contributed by atoms with Crippen molar-refractivity contribution in [3.05, 3.63) is 65.2 Å². The summed E-state index contributed by atoms with van der Waals surface area (Å²) >= 11 is 0. The van der Waals surface area contributed by atoms with Gasteiger partial charge in [0.1, 0.15) is 32.7 Å². The molecule has 2 aromatic rings. The first kappa shape index (κ1) is 18.6. The number of rotatable bonds is 5. The molecule has 0 bridgehead atoms. The number of benzene rings is 2. The summed E-state index contributed by atoms with van der Waals surface area (Å²) in [4.78, 5) is 15.7. The van der Waals surface area contributed by atoms with Crippen molar-refractivity contribution in [2.24, 2.45) is 0 Å². The van der Waals surface area contributed by atoms with Gasteiger partial charge in [0.2, 0.25) is 0 Å². The van der Waals surface area contributed by atoms with Crippen molar-refractivity contribution in [3.8, 4) is 0 Å². The third-order valence-electron chi connectivity index (χ3n) is 5.55. The molecular weight excluding hydrogens is 322 g/mol. The van der Waals surface area contributed by atoms with Crippen molar-refractivity contribution in [2.75, 3.05) is 31.5 Å². The van der Waals surface area contributed by atoms with E-state index in [4.69, 9.17) is 0 Å². The fourth-order valence-corrected chi connectivity index (χ4v) is 3.72. The Labute approximate surface area is 156 Å². The van der Waals surface area contributed by atoms with Gasteiger partial charge in [0.25, 0.3) is 5.91 Å². The summed E-state index contributed by atoms with van der Waals surface area (Å²) in [6.45, 7) is 11.6. The summed E-state index contributed by atoms with van der Waals surface area (Å²) in [6, 6.07) is 16.9. The number of carbonyl (C=O) groups is 1. The molecule has 1 saturated heterocycles. The van der Waals surface area contributed by atoms with Crippen LogP contribution < -0.4 is 15.1 Å². The second-order valence-electron chi connectivity index (χ2n) is 7.60. The number of nitrogens with one attached hydrogen (secondary N) is 3. The third-order valence-corrected chi connectivity index (χ3v) is 5.55. The summed E-state index contributed by atoms with van der Waals surface area (Å²) in [6.07, 6.45) is 0. The molecule has 0 unspecified atom stereocenters. The number of hydrogen-bond donors (Lipinski definition) is 3. The number of carbonyl (C=O) groups excluding carboxylic acids is 1. The molecule has 26 heavy (non-hydrogen) atoms. The second-order valence-corrected chi connectivity index (χ2v) is 7.60. The van der Waals surface area contributed by atoms with Gasteiger partial charge in [0.15, 0.2) is 6.04 Å². The number of aryl methyl sites for hydroxylation is 2. The van der Waals surface area contributed by atoms with Crippen LogP contribution in [0, 0.1) is 13.8 Å². The molecule has 1 heterocycles. The molecule has 0 aromatic heterocycles. The summed E-state index contributed by atoms with van der Waals surface area (Å²) < 4.78 is 0. The zero-order valence-corrected chi connectivity index (χ0v) is 16.1. The highest BCUT2D eigenvalue weighted by atomic mass is 16.2. The number of hydrogen-bond acceptors (Lipinski definition) is 1. The van der Waals surface area contributed by atoms with Gasteiger partial charge in [-0.15, -0.1) is 0 Å². The van der Waals surface area contributed by atoms with Crippen molar-refractivity contribution in [2.45, 2.75) is 33.4 Å². The molecule has 0 saturated carbocycles. The van der Waals surface area contributed by atoms with Crippen LogP contribution in [0.3, 0.4) is 0 Å². The van der Waals surface area contributed by atoms with Crippen molar-refractivity contribution < 1.29 is 14.6 Å². The molecule has 0 radical (unpaired) electrons. The second kappa shape index (κ2) is 8.47. The SMILES string of the molecule is Cc1ccc(C)c(NC(=O)[C@H](C)[NH+]2CC[NH+](Cc3ccccc3)CC2)c1. The molecule has 1 atom stereocenters. The van der Waals surface area contributed by atoms with E-state index in [2.05, 4.69) is 67.7 Å². The number of piperazine rings is 1. The maximum Gasteiger partial charge on any atom is 0.282 e. The predicted octanol–water partition coefficient (Wildman–Crippen LogP) is 0.614. The van der Waals surface area contributed by atoms with Gasteiger partial charge in [-0.25, -0.2) is 0 Å². The molecule has 1 aliphatic rings. The highest BCUT2D eigenvalue weighted by Crippen LogP contribution is 2.16. The van der Waals surface area contributed by atoms with Gasteiger partial charge >= 0.3 is 0 Å². The van der Waals surface area contributed by atoms with Gasteiger partial charge in [0.05, 0.1) is 0 Å². The third kappa shape index (κ3) is 4.71. The van der Waals surface area contributed by atoms with Gasteiger partial charge in [-0.2, -0.15) is 0 Å². The standard InChI is InChI=1S/C22H29N3O/c1-17-9-10-18(2)21(15-17)23-22(26)19(3)25-13-11-24(12-14-25)16-20-7-5-4-6-8-20/h4-10,15,19H,11-14,16H2,1-3H3,(H,23,26)/p+2/t19-/m0/s1. The Bertz CT molecular complexity index is 736. The number of anilines is 1. The van der Waals surface area contributed by atoms with E-state index in [1.165, 1.54) is 16.0 Å². The van der Waals surface area contributed by atoms with E-state index in [0.717, 1.165) is 44.0 Å². The smallest absolute Gasteiger partial charge is 0.282 e. The summed E-state index contributed by atoms with van der Waals surface area (Å²) in [7, 11) is 0. The van der Waals surface area contributed by atoms with Crippen molar-refractivity contribution >= 4 is 11.6 Å². The van der Waals surface area contributed by atoms with Gasteiger partial charge < -0.3 is 15.1 Å². The summed E-state index contributed by atoms with van der Waals surface area (Å²) in [5, 5.41) is 3.13. The number of quaternary nitrogens is 2. The molecule has 1 fully saturated rings. The van der Waals surface area contributed by atoms with E-state index in [0.29, 0.717) is 0 Å². The van der Waals surface area contributed by atoms with Gasteiger partial charge in [-0.3, -0.25) is 4.79 Å². The Kier molecular flexibility index (Phi) is 6.07. The lowest BCUT2D eigenvalue weighted by atomic mass is 10.1. The fourth-order valence-electron chi connectivity index (χ4n) is 3.72. The minimum atomic E-state index is -0.0202. The van der Waals surface area contributed by atoms with E-state index in [1.807, 2.05) is 6.92 Å². The summed E-state index contributed by atoms with van der Waals surface area (Å²) in [5.41, 5.74) is 4.62. The van der Waals surface area contributed by atoms with Crippen LogP contribution in [0.25, 0.3) is 0 Å². The maximum absolute atomic E-state index is 12.7. The minimum absolute atomic E-state index is 0.0202. The lowest BCUT2D eigenvalue weighted by Crippen LogP contribution is -3.29. The minimum Gasteiger partial charge on any atom is -0.322 e. The van der Waals surface area contributed by atoms with Crippen LogP contribution in [0.15, 0.2) is 48.5 Å². The molecular formula is C22H31N3O+2. The monoisotopic (exact) mass is 353 g/mol. The molecule has 3 N–H and O–H groups in total. The van der Waals surface area contributed by atoms with Crippen LogP contribution in [-0.4, -0.2) is 38.1 Å². The molecule has 1 amide bonds. The van der Waals surface area contributed by atoms with Crippen molar-refractivity contribution in [1.29, 1.82) is 0 Å². The van der Waals surface area contributed by atoms with E-state index >= 15 is 0 Å². The van der Waals surface area contributed by atoms with Crippen LogP contribution in [0.2, 0.25) is 0 Å². The zero-order valence-electron chi connectivity index (χ0n) is 16.1. The largest absolute Gasteiger partial charge is 0.322 e. The first-order valence-electron chi connectivity index (χ1n) is 9.63. The Morgan fingerprint density at radius 2 is 1.73 bits per heavy atom. The van der Waals surface area contributed by atoms with Crippen LogP contribution in [0.5, 0.6) is 0 Å². The lowest BCUT2D eigenvalue weighted by Gasteiger charge is -2.32. The Morgan fingerprint density at radius 1 is 1.04 bits per heavy atom. The molecule has 2 aromatic carbocycles. The van der Waals surface area contributed by atoms with Crippen LogP contribution in [0.1, 0.15) is 23.6 Å². The summed E-state index contributed by atoms with van der Waals surface area (Å²) in [5.74, 6) is 0.125. The average Bonchev–Trinajstić information content (AvgIpc) is 2.65. The van der Waals surface area contributed by atoms with Gasteiger partial charge in [0, 0.05) is 11.3 Å². The first-order valence-corrected chi connectivity index (χ1v) is 9.63. The fraction of sp³-hybridized carbons (Fsp3) is 0.409. The van der Waals surface area contributed by atoms with Gasteiger partial charge in [-0.05, 0) is 38.0 Å². The van der Waals surface area contributed by atoms with E-state index in [-0.39, 0.29) is 11.9 Å². The Hall–Kier alpha value is -2.17. The van der Waals surface area contributed by atoms with Gasteiger partial charge in [-0.1, -0.05) is 42.5 Å². The van der Waals surface area contributed by atoms with Crippen molar-refractivity contribution in [3.63, 3.8) is 0 Å². The topological polar surface area (TPSA) is 38.0 Å². The molecule has 138 valence electrons. The number of amides is 1. The van der Waals surface area contributed by atoms with Crippen LogP contribution in [0.4, 0.5) is 5.69 Å². The van der Waals surface area contributed by atoms with Crippen LogP contribution >= 0.6 is 0 Å². The average molecular weight is 354 g/mol. The first-order chi connectivity index (χ1) is 12.5. The molecule has 4 heteroatoms. The molecule has 0 spiro atoms. The van der Waals surface area contributed by atoms with E-state index in [1.54, 1.807) is 4.90 Å². The molecule has 3 rings (SSSR count). The molecule has 4 nitrogen and oxygen atoms in total. The quantitative estimate of drug-likeness (QED) is 0.724. The van der Waals surface area contributed by atoms with E-state index in [9.17, 15) is 4.79 Å². The zero-order chi connectivity index (χ0) is 18.5. The predicted molar refractivity (Wildman–Crippen MR) is 106 cm³/mol. The normalized spacial score (nSPS) is 21.2. The highest BCUT2D eigenvalue weighted by Gasteiger charge is 2.31. The highest BCUT2D eigenvalue weighted by molar-refractivity contribution is 5.94. The lowest BCUT2D eigenvalue weighted by molar-refractivity contribution is -1.02. The molecule has 0 aliphatic carbocycles. The maximum atomic E-state index is 12.7. The van der Waals surface area contributed by atoms with E-state index < -0.39 is 0 Å². The molecule has 1 aliphatic heterocycles. The Balaban J connectivity index is 1.52.